The van der Waals surface area contributed by atoms with E-state index in [1.807, 2.05) is 31.2 Å². The molecule has 1 aromatic rings. The van der Waals surface area contributed by atoms with Crippen LogP contribution in [0.4, 0.5) is 0 Å². The zero-order valence-electron chi connectivity index (χ0n) is 15.8. The minimum Gasteiger partial charge on any atom is -0.497 e. The normalized spacial score (nSPS) is 16.8. The SMILES string of the molecule is CCOCCCNC(=NCc1ccc(OC)cc1)NCC1CCCO1.I. The lowest BCUT2D eigenvalue weighted by Gasteiger charge is -2.15. The smallest absolute Gasteiger partial charge is 0.191 e. The van der Waals surface area contributed by atoms with E-state index in [1.54, 1.807) is 7.11 Å². The number of methoxy groups -OCH3 is 1. The van der Waals surface area contributed by atoms with E-state index >= 15 is 0 Å². The summed E-state index contributed by atoms with van der Waals surface area (Å²) < 4.78 is 16.2. The summed E-state index contributed by atoms with van der Waals surface area (Å²) in [6.45, 7) is 6.65. The molecule has 0 aromatic heterocycles. The van der Waals surface area contributed by atoms with E-state index in [2.05, 4.69) is 15.6 Å². The molecule has 6 nitrogen and oxygen atoms in total. The summed E-state index contributed by atoms with van der Waals surface area (Å²) in [5.41, 5.74) is 1.15. The van der Waals surface area contributed by atoms with E-state index < -0.39 is 0 Å². The first-order valence-electron chi connectivity index (χ1n) is 9.16. The number of rotatable bonds is 10. The Morgan fingerprint density at radius 2 is 2.08 bits per heavy atom. The number of nitrogens with zero attached hydrogens (tertiary/aromatic N) is 1. The second kappa shape index (κ2) is 14.1. The third-order valence-corrected chi connectivity index (χ3v) is 4.06. The Morgan fingerprint density at radius 1 is 1.27 bits per heavy atom. The fourth-order valence-electron chi connectivity index (χ4n) is 2.62. The molecule has 2 N–H and O–H groups in total. The molecule has 0 saturated carbocycles. The van der Waals surface area contributed by atoms with Gasteiger partial charge in [0.15, 0.2) is 5.96 Å². The van der Waals surface area contributed by atoms with Gasteiger partial charge in [-0.2, -0.15) is 0 Å². The highest BCUT2D eigenvalue weighted by Crippen LogP contribution is 2.12. The summed E-state index contributed by atoms with van der Waals surface area (Å²) in [5.74, 6) is 1.68. The lowest BCUT2D eigenvalue weighted by Crippen LogP contribution is -2.41. The number of aliphatic imine (C=N–C) groups is 1. The first-order valence-corrected chi connectivity index (χ1v) is 9.16. The largest absolute Gasteiger partial charge is 0.497 e. The summed E-state index contributed by atoms with van der Waals surface area (Å²) in [7, 11) is 1.67. The van der Waals surface area contributed by atoms with Crippen LogP contribution in [0.3, 0.4) is 0 Å². The third-order valence-electron chi connectivity index (χ3n) is 4.06. The monoisotopic (exact) mass is 477 g/mol. The van der Waals surface area contributed by atoms with Crippen LogP contribution in [0.15, 0.2) is 29.3 Å². The molecule has 0 spiro atoms. The maximum absolute atomic E-state index is 5.67. The van der Waals surface area contributed by atoms with Crippen molar-refractivity contribution in [2.24, 2.45) is 4.99 Å². The highest BCUT2D eigenvalue weighted by Gasteiger charge is 2.15. The predicted octanol–water partition coefficient (Wildman–Crippen LogP) is 2.95. The van der Waals surface area contributed by atoms with Crippen molar-refractivity contribution in [3.05, 3.63) is 29.8 Å². The Balaban J connectivity index is 0.00000338. The summed E-state index contributed by atoms with van der Waals surface area (Å²) in [4.78, 5) is 4.69. The van der Waals surface area contributed by atoms with Crippen molar-refractivity contribution >= 4 is 29.9 Å². The Hall–Kier alpha value is -1.06. The first-order chi connectivity index (χ1) is 12.3. The molecule has 1 aliphatic heterocycles. The second-order valence-corrected chi connectivity index (χ2v) is 6.01. The van der Waals surface area contributed by atoms with E-state index in [0.717, 1.165) is 69.4 Å². The van der Waals surface area contributed by atoms with Crippen LogP contribution in [0.5, 0.6) is 5.75 Å². The van der Waals surface area contributed by atoms with Crippen molar-refractivity contribution in [2.75, 3.05) is 40.0 Å². The second-order valence-electron chi connectivity index (χ2n) is 6.01. The molecule has 2 rings (SSSR count). The minimum absolute atomic E-state index is 0. The molecule has 0 radical (unpaired) electrons. The van der Waals surface area contributed by atoms with Gasteiger partial charge in [-0.1, -0.05) is 12.1 Å². The van der Waals surface area contributed by atoms with E-state index in [-0.39, 0.29) is 30.1 Å². The summed E-state index contributed by atoms with van der Waals surface area (Å²) in [5, 5.41) is 6.77. The van der Waals surface area contributed by atoms with Gasteiger partial charge in [-0.3, -0.25) is 0 Å². The van der Waals surface area contributed by atoms with Gasteiger partial charge in [0.05, 0.1) is 19.8 Å². The van der Waals surface area contributed by atoms with Crippen LogP contribution in [0.1, 0.15) is 31.7 Å². The Kier molecular flexibility index (Phi) is 12.4. The quantitative estimate of drug-likeness (QED) is 0.235. The van der Waals surface area contributed by atoms with Crippen molar-refractivity contribution in [3.63, 3.8) is 0 Å². The molecule has 1 aliphatic rings. The van der Waals surface area contributed by atoms with Crippen LogP contribution in [0, 0.1) is 0 Å². The average Bonchev–Trinajstić information content (AvgIpc) is 3.17. The molecule has 0 amide bonds. The first kappa shape index (κ1) is 23.0. The fraction of sp³-hybridized carbons (Fsp3) is 0.632. The fourth-order valence-corrected chi connectivity index (χ4v) is 2.62. The van der Waals surface area contributed by atoms with Crippen LogP contribution in [0.2, 0.25) is 0 Å². The van der Waals surface area contributed by atoms with Gasteiger partial charge >= 0.3 is 0 Å². The molecule has 0 aliphatic carbocycles. The maximum Gasteiger partial charge on any atom is 0.191 e. The number of hydrogen-bond donors (Lipinski definition) is 2. The molecule has 7 heteroatoms. The zero-order chi connectivity index (χ0) is 17.7. The summed E-state index contributed by atoms with van der Waals surface area (Å²) >= 11 is 0. The van der Waals surface area contributed by atoms with Gasteiger partial charge < -0.3 is 24.8 Å². The molecule has 1 aromatic carbocycles. The number of guanidine groups is 1. The van der Waals surface area contributed by atoms with E-state index in [9.17, 15) is 0 Å². The highest BCUT2D eigenvalue weighted by molar-refractivity contribution is 14.0. The van der Waals surface area contributed by atoms with E-state index in [0.29, 0.717) is 6.54 Å². The van der Waals surface area contributed by atoms with Crippen LogP contribution in [0.25, 0.3) is 0 Å². The number of halogens is 1. The van der Waals surface area contributed by atoms with Crippen LogP contribution in [-0.2, 0) is 16.0 Å². The number of nitrogens with one attached hydrogen (secondary N) is 2. The molecular weight excluding hydrogens is 445 g/mol. The standard InChI is InChI=1S/C19H31N3O3.HI/c1-3-24-12-5-11-20-19(22-15-18-6-4-13-25-18)21-14-16-7-9-17(23-2)10-8-16;/h7-10,18H,3-6,11-15H2,1-2H3,(H2,20,21,22);1H. The molecule has 1 atom stereocenters. The Labute approximate surface area is 174 Å². The van der Waals surface area contributed by atoms with Gasteiger partial charge in [0, 0.05) is 32.9 Å². The molecular formula is C19H32IN3O3. The Bertz CT molecular complexity index is 505. The lowest BCUT2D eigenvalue weighted by molar-refractivity contribution is 0.113. The number of ether oxygens (including phenoxy) is 3. The summed E-state index contributed by atoms with van der Waals surface area (Å²) in [6, 6.07) is 7.99. The van der Waals surface area contributed by atoms with Gasteiger partial charge in [-0.05, 0) is 43.9 Å². The summed E-state index contributed by atoms with van der Waals surface area (Å²) in [6.07, 6.45) is 3.50. The van der Waals surface area contributed by atoms with Crippen molar-refractivity contribution in [1.29, 1.82) is 0 Å². The minimum atomic E-state index is 0. The zero-order valence-corrected chi connectivity index (χ0v) is 18.2. The molecule has 1 saturated heterocycles. The van der Waals surface area contributed by atoms with Crippen molar-refractivity contribution in [1.82, 2.24) is 10.6 Å². The van der Waals surface area contributed by atoms with E-state index in [4.69, 9.17) is 14.2 Å². The lowest BCUT2D eigenvalue weighted by atomic mass is 10.2. The third kappa shape index (κ3) is 9.05. The topological polar surface area (TPSA) is 64.1 Å². The van der Waals surface area contributed by atoms with Crippen LogP contribution >= 0.6 is 24.0 Å². The van der Waals surface area contributed by atoms with Crippen molar-refractivity contribution in [2.45, 2.75) is 38.8 Å². The predicted molar refractivity (Wildman–Crippen MR) is 116 cm³/mol. The molecule has 1 fully saturated rings. The van der Waals surface area contributed by atoms with Crippen molar-refractivity contribution in [3.8, 4) is 5.75 Å². The van der Waals surface area contributed by atoms with Gasteiger partial charge in [-0.25, -0.2) is 4.99 Å². The molecule has 26 heavy (non-hydrogen) atoms. The van der Waals surface area contributed by atoms with Gasteiger partial charge in [0.25, 0.3) is 0 Å². The van der Waals surface area contributed by atoms with Gasteiger partial charge in [0.2, 0.25) is 0 Å². The van der Waals surface area contributed by atoms with E-state index in [1.165, 1.54) is 0 Å². The molecule has 148 valence electrons. The van der Waals surface area contributed by atoms with Crippen molar-refractivity contribution < 1.29 is 14.2 Å². The van der Waals surface area contributed by atoms with Gasteiger partial charge in [0.1, 0.15) is 5.75 Å². The molecule has 0 bridgehead atoms. The van der Waals surface area contributed by atoms with Crippen LogP contribution in [-0.4, -0.2) is 52.1 Å². The Morgan fingerprint density at radius 3 is 2.73 bits per heavy atom. The molecule has 1 unspecified atom stereocenters. The average molecular weight is 477 g/mol. The van der Waals surface area contributed by atoms with Crippen LogP contribution < -0.4 is 15.4 Å². The molecule has 1 heterocycles. The van der Waals surface area contributed by atoms with Gasteiger partial charge in [-0.15, -0.1) is 24.0 Å². The number of hydrogen-bond acceptors (Lipinski definition) is 4. The number of benzene rings is 1. The maximum atomic E-state index is 5.67. The highest BCUT2D eigenvalue weighted by atomic mass is 127.